The number of aromatic amines is 1. The predicted molar refractivity (Wildman–Crippen MR) is 123 cm³/mol. The van der Waals surface area contributed by atoms with Crippen LogP contribution in [0.25, 0.3) is 10.9 Å². The van der Waals surface area contributed by atoms with Crippen LogP contribution in [0, 0.1) is 13.8 Å². The number of benzene rings is 2. The number of pyridine rings is 1. The van der Waals surface area contributed by atoms with Gasteiger partial charge in [-0.3, -0.25) is 4.79 Å². The minimum atomic E-state index is -0.288. The maximum Gasteiger partial charge on any atom is 0.322 e. The van der Waals surface area contributed by atoms with Crippen molar-refractivity contribution in [3.8, 4) is 0 Å². The lowest BCUT2D eigenvalue weighted by molar-refractivity contribution is -0.857. The third kappa shape index (κ3) is 5.01. The second-order valence-electron chi connectivity index (χ2n) is 7.88. The van der Waals surface area contributed by atoms with Gasteiger partial charge in [0.1, 0.15) is 0 Å². The van der Waals surface area contributed by atoms with Crippen molar-refractivity contribution in [1.29, 1.82) is 0 Å². The Morgan fingerprint density at radius 2 is 1.90 bits per heavy atom. The van der Waals surface area contributed by atoms with E-state index in [1.54, 1.807) is 17.0 Å². The lowest BCUT2D eigenvalue weighted by Gasteiger charge is -2.24. The van der Waals surface area contributed by atoms with Crippen molar-refractivity contribution in [3.63, 3.8) is 0 Å². The van der Waals surface area contributed by atoms with Crippen LogP contribution in [0.3, 0.4) is 0 Å². The SMILES string of the molecule is Cc1ccc2cc(CN(CC[NH+](C)C)C(=O)Nc3ccccc3Cl)c(=O)[nH]c2c1C. The highest BCUT2D eigenvalue weighted by Crippen LogP contribution is 2.22. The first-order valence-corrected chi connectivity index (χ1v) is 10.4. The average Bonchev–Trinajstić information content (AvgIpc) is 2.70. The van der Waals surface area contributed by atoms with E-state index in [4.69, 9.17) is 11.6 Å². The van der Waals surface area contributed by atoms with Crippen LogP contribution in [0.4, 0.5) is 10.5 Å². The number of hydrogen-bond acceptors (Lipinski definition) is 2. The number of urea groups is 1. The zero-order valence-electron chi connectivity index (χ0n) is 17.8. The van der Waals surface area contributed by atoms with E-state index in [0.717, 1.165) is 28.6 Å². The van der Waals surface area contributed by atoms with Gasteiger partial charge in [-0.25, -0.2) is 4.79 Å². The molecule has 6 nitrogen and oxygen atoms in total. The number of likely N-dealkylation sites (N-methyl/N-ethyl adjacent to an activating group) is 1. The van der Waals surface area contributed by atoms with Crippen LogP contribution in [0.5, 0.6) is 0 Å². The standard InChI is InChI=1S/C23H27ClN4O2/c1-15-9-10-17-13-18(22(29)26-21(17)16(15)2)14-28(12-11-27(3)4)23(30)25-20-8-6-5-7-19(20)24/h5-10,13H,11-12,14H2,1-4H3,(H,25,30)(H,26,29)/p+1. The van der Waals surface area contributed by atoms with Gasteiger partial charge in [0.05, 0.1) is 50.0 Å². The van der Waals surface area contributed by atoms with Crippen LogP contribution >= 0.6 is 11.6 Å². The number of rotatable bonds is 6. The summed E-state index contributed by atoms with van der Waals surface area (Å²) in [6, 6.07) is 12.7. The van der Waals surface area contributed by atoms with Crippen LogP contribution in [0.1, 0.15) is 16.7 Å². The smallest absolute Gasteiger partial charge is 0.322 e. The molecule has 2 amide bonds. The molecule has 0 saturated heterocycles. The minimum absolute atomic E-state index is 0.177. The van der Waals surface area contributed by atoms with Gasteiger partial charge in [0, 0.05) is 5.56 Å². The zero-order valence-corrected chi connectivity index (χ0v) is 18.6. The molecule has 1 heterocycles. The van der Waals surface area contributed by atoms with Gasteiger partial charge in [0.15, 0.2) is 0 Å². The number of fused-ring (bicyclic) bond motifs is 1. The van der Waals surface area contributed by atoms with Gasteiger partial charge in [-0.15, -0.1) is 0 Å². The Labute approximate surface area is 181 Å². The molecule has 0 spiro atoms. The van der Waals surface area contributed by atoms with Crippen LogP contribution in [-0.4, -0.2) is 43.1 Å². The third-order valence-electron chi connectivity index (χ3n) is 5.27. The van der Waals surface area contributed by atoms with Gasteiger partial charge in [0.25, 0.3) is 5.56 Å². The fraction of sp³-hybridized carbons (Fsp3) is 0.304. The van der Waals surface area contributed by atoms with Crippen molar-refractivity contribution >= 4 is 34.2 Å². The highest BCUT2D eigenvalue weighted by molar-refractivity contribution is 6.33. The molecule has 0 bridgehead atoms. The number of carbonyl (C=O) groups is 1. The van der Waals surface area contributed by atoms with Crippen molar-refractivity contribution in [2.75, 3.05) is 32.5 Å². The van der Waals surface area contributed by atoms with Crippen molar-refractivity contribution in [2.45, 2.75) is 20.4 Å². The Hall–Kier alpha value is -2.83. The van der Waals surface area contributed by atoms with Gasteiger partial charge >= 0.3 is 6.03 Å². The molecular formula is C23H28ClN4O2+. The molecule has 0 atom stereocenters. The normalized spacial score (nSPS) is 11.1. The molecule has 0 aliphatic carbocycles. The van der Waals surface area contributed by atoms with E-state index >= 15 is 0 Å². The molecule has 3 N–H and O–H groups in total. The summed E-state index contributed by atoms with van der Waals surface area (Å²) in [5.74, 6) is 0. The van der Waals surface area contributed by atoms with Gasteiger partial charge in [-0.2, -0.15) is 0 Å². The molecule has 1 aromatic heterocycles. The molecule has 0 saturated carbocycles. The summed E-state index contributed by atoms with van der Waals surface area (Å²) in [4.78, 5) is 31.6. The first kappa shape index (κ1) is 21.9. The Balaban J connectivity index is 1.90. The van der Waals surface area contributed by atoms with Gasteiger partial charge in [-0.05, 0) is 48.6 Å². The van der Waals surface area contributed by atoms with Gasteiger partial charge in [-0.1, -0.05) is 35.9 Å². The van der Waals surface area contributed by atoms with Crippen molar-refractivity contribution in [2.24, 2.45) is 0 Å². The van der Waals surface area contributed by atoms with E-state index in [2.05, 4.69) is 10.3 Å². The van der Waals surface area contributed by atoms with Crippen LogP contribution < -0.4 is 15.8 Å². The summed E-state index contributed by atoms with van der Waals surface area (Å²) in [6.45, 7) is 5.48. The van der Waals surface area contributed by atoms with Crippen molar-refractivity contribution in [3.05, 3.63) is 74.5 Å². The van der Waals surface area contributed by atoms with Crippen LogP contribution in [0.15, 0.2) is 47.3 Å². The van der Waals surface area contributed by atoms with Crippen molar-refractivity contribution < 1.29 is 9.69 Å². The Morgan fingerprint density at radius 3 is 2.60 bits per heavy atom. The molecule has 3 rings (SSSR count). The molecule has 158 valence electrons. The number of halogens is 1. The molecule has 7 heteroatoms. The topological polar surface area (TPSA) is 69.6 Å². The first-order valence-electron chi connectivity index (χ1n) is 9.98. The summed E-state index contributed by atoms with van der Waals surface area (Å²) in [5, 5.41) is 4.29. The third-order valence-corrected chi connectivity index (χ3v) is 5.60. The summed E-state index contributed by atoms with van der Waals surface area (Å²) in [5.41, 5.74) is 3.94. The number of quaternary nitrogens is 1. The highest BCUT2D eigenvalue weighted by atomic mass is 35.5. The molecule has 3 aromatic rings. The number of nitrogens with zero attached hydrogens (tertiary/aromatic N) is 1. The summed E-state index contributed by atoms with van der Waals surface area (Å²) >= 11 is 6.19. The Kier molecular flexibility index (Phi) is 6.80. The highest BCUT2D eigenvalue weighted by Gasteiger charge is 2.18. The maximum absolute atomic E-state index is 13.0. The second-order valence-corrected chi connectivity index (χ2v) is 8.29. The van der Waals surface area contributed by atoms with E-state index < -0.39 is 0 Å². The fourth-order valence-corrected chi connectivity index (χ4v) is 3.44. The van der Waals surface area contributed by atoms with E-state index in [1.165, 1.54) is 4.90 Å². The molecule has 0 fully saturated rings. The number of aryl methyl sites for hydroxylation is 2. The molecular weight excluding hydrogens is 400 g/mol. The number of para-hydroxylation sites is 1. The Morgan fingerprint density at radius 1 is 1.17 bits per heavy atom. The molecule has 2 aromatic carbocycles. The maximum atomic E-state index is 13.0. The monoisotopic (exact) mass is 427 g/mol. The summed E-state index contributed by atoms with van der Waals surface area (Å²) in [6.07, 6.45) is 0. The first-order chi connectivity index (χ1) is 14.3. The number of nitrogens with one attached hydrogen (secondary N) is 3. The Bertz CT molecular complexity index is 1120. The van der Waals surface area contributed by atoms with E-state index in [0.29, 0.717) is 22.8 Å². The second kappa shape index (κ2) is 9.32. The van der Waals surface area contributed by atoms with Gasteiger partial charge < -0.3 is 20.1 Å². The molecule has 0 aliphatic rings. The largest absolute Gasteiger partial charge is 0.338 e. The predicted octanol–water partition coefficient (Wildman–Crippen LogP) is 2.98. The van der Waals surface area contributed by atoms with Crippen LogP contribution in [0.2, 0.25) is 5.02 Å². The molecule has 0 unspecified atom stereocenters. The summed E-state index contributed by atoms with van der Waals surface area (Å²) in [7, 11) is 4.05. The minimum Gasteiger partial charge on any atom is -0.338 e. The fourth-order valence-electron chi connectivity index (χ4n) is 3.26. The van der Waals surface area contributed by atoms with E-state index in [1.807, 2.05) is 58.3 Å². The number of amides is 2. The molecule has 30 heavy (non-hydrogen) atoms. The number of aromatic nitrogens is 1. The van der Waals surface area contributed by atoms with Crippen molar-refractivity contribution in [1.82, 2.24) is 9.88 Å². The lowest BCUT2D eigenvalue weighted by Crippen LogP contribution is -3.06. The van der Waals surface area contributed by atoms with E-state index in [9.17, 15) is 9.59 Å². The average molecular weight is 428 g/mol. The number of hydrogen-bond donors (Lipinski definition) is 3. The summed E-state index contributed by atoms with van der Waals surface area (Å²) < 4.78 is 0. The van der Waals surface area contributed by atoms with E-state index in [-0.39, 0.29) is 18.1 Å². The molecule has 0 radical (unpaired) electrons. The number of anilines is 1. The number of carbonyl (C=O) groups excluding carboxylic acids is 1. The zero-order chi connectivity index (χ0) is 21.8. The molecule has 0 aliphatic heterocycles. The number of H-pyrrole nitrogens is 1. The lowest BCUT2D eigenvalue weighted by atomic mass is 10.0. The van der Waals surface area contributed by atoms with Crippen LogP contribution in [-0.2, 0) is 6.54 Å². The van der Waals surface area contributed by atoms with Gasteiger partial charge in [0.2, 0.25) is 0 Å². The quantitative estimate of drug-likeness (QED) is 0.566.